The van der Waals surface area contributed by atoms with E-state index in [1.54, 1.807) is 6.07 Å². The summed E-state index contributed by atoms with van der Waals surface area (Å²) in [5, 5.41) is 14.6. The van der Waals surface area contributed by atoms with Crippen LogP contribution >= 0.6 is 0 Å². The minimum atomic E-state index is -0.903. The summed E-state index contributed by atoms with van der Waals surface area (Å²) in [5.74, 6) is -0.563. The highest BCUT2D eigenvalue weighted by molar-refractivity contribution is 6.38. The lowest BCUT2D eigenvalue weighted by Crippen LogP contribution is -2.26. The van der Waals surface area contributed by atoms with Crippen molar-refractivity contribution in [3.63, 3.8) is 0 Å². The minimum absolute atomic E-state index is 0.0561. The van der Waals surface area contributed by atoms with Crippen LogP contribution in [0.4, 0.5) is 9.18 Å². The van der Waals surface area contributed by atoms with Gasteiger partial charge < -0.3 is 10.9 Å². The molecule has 0 aliphatic rings. The van der Waals surface area contributed by atoms with Crippen LogP contribution in [0.1, 0.15) is 5.56 Å². The summed E-state index contributed by atoms with van der Waals surface area (Å²) in [7, 11) is 0. The van der Waals surface area contributed by atoms with Gasteiger partial charge in [0.05, 0.1) is 6.21 Å². The molecule has 2 amide bonds. The van der Waals surface area contributed by atoms with Gasteiger partial charge in [0.1, 0.15) is 11.5 Å². The van der Waals surface area contributed by atoms with Crippen molar-refractivity contribution in [3.8, 4) is 0 Å². The zero-order valence-electron chi connectivity index (χ0n) is 8.09. The Morgan fingerprint density at radius 3 is 2.75 bits per heavy atom. The monoisotopic (exact) mass is 224 g/mol. The fourth-order valence-electron chi connectivity index (χ4n) is 0.998. The Balaban J connectivity index is 3.08. The molecule has 7 heteroatoms. The molecule has 0 saturated carbocycles. The van der Waals surface area contributed by atoms with Crippen molar-refractivity contribution in [3.05, 3.63) is 35.6 Å². The predicted molar refractivity (Wildman–Crippen MR) is 55.9 cm³/mol. The number of oxime groups is 1. The topological polar surface area (TPSA) is 100 Å². The number of hydrazone groups is 1. The van der Waals surface area contributed by atoms with Gasteiger partial charge in [0.2, 0.25) is 0 Å². The normalized spacial score (nSPS) is 11.7. The highest BCUT2D eigenvalue weighted by Gasteiger charge is 2.07. The Morgan fingerprint density at radius 1 is 1.50 bits per heavy atom. The van der Waals surface area contributed by atoms with Gasteiger partial charge in [-0.05, 0) is 12.1 Å². The van der Waals surface area contributed by atoms with Crippen LogP contribution in [-0.2, 0) is 0 Å². The van der Waals surface area contributed by atoms with E-state index >= 15 is 0 Å². The van der Waals surface area contributed by atoms with Crippen molar-refractivity contribution in [2.75, 3.05) is 0 Å². The quantitative estimate of drug-likeness (QED) is 0.399. The van der Waals surface area contributed by atoms with Crippen molar-refractivity contribution in [1.82, 2.24) is 5.43 Å². The fourth-order valence-corrected chi connectivity index (χ4v) is 0.998. The van der Waals surface area contributed by atoms with Crippen LogP contribution in [0.25, 0.3) is 0 Å². The van der Waals surface area contributed by atoms with E-state index in [0.29, 0.717) is 0 Å². The SMILES string of the molecule is NC(=O)N/N=C(\C=N\O)c1ccccc1F. The number of nitrogens with zero attached hydrogens (tertiary/aromatic N) is 2. The van der Waals surface area contributed by atoms with Gasteiger partial charge in [0.15, 0.2) is 0 Å². The van der Waals surface area contributed by atoms with Gasteiger partial charge in [-0.3, -0.25) is 0 Å². The van der Waals surface area contributed by atoms with E-state index in [9.17, 15) is 9.18 Å². The lowest BCUT2D eigenvalue weighted by molar-refractivity contribution is 0.249. The highest BCUT2D eigenvalue weighted by atomic mass is 19.1. The molecule has 0 aliphatic carbocycles. The van der Waals surface area contributed by atoms with Crippen molar-refractivity contribution in [2.24, 2.45) is 16.0 Å². The van der Waals surface area contributed by atoms with Gasteiger partial charge in [-0.15, -0.1) is 0 Å². The summed E-state index contributed by atoms with van der Waals surface area (Å²) >= 11 is 0. The molecule has 1 rings (SSSR count). The second kappa shape index (κ2) is 5.44. The molecule has 0 unspecified atom stereocenters. The zero-order valence-corrected chi connectivity index (χ0v) is 8.09. The summed E-state index contributed by atoms with van der Waals surface area (Å²) < 4.78 is 13.3. The van der Waals surface area contributed by atoms with Crippen LogP contribution < -0.4 is 11.2 Å². The Hall–Kier alpha value is -2.44. The molecule has 0 saturated heterocycles. The number of carbonyl (C=O) groups excluding carboxylic acids is 1. The number of carbonyl (C=O) groups is 1. The van der Waals surface area contributed by atoms with E-state index in [0.717, 1.165) is 6.21 Å². The number of hydrogen-bond donors (Lipinski definition) is 3. The number of rotatable bonds is 3. The van der Waals surface area contributed by atoms with Gasteiger partial charge >= 0.3 is 6.03 Å². The largest absolute Gasteiger partial charge is 0.411 e. The molecule has 1 aromatic rings. The third kappa shape index (κ3) is 3.05. The molecule has 0 aromatic heterocycles. The first-order chi connectivity index (χ1) is 7.65. The first-order valence-corrected chi connectivity index (χ1v) is 4.20. The molecule has 1 aromatic carbocycles. The molecule has 84 valence electrons. The van der Waals surface area contributed by atoms with E-state index in [2.05, 4.69) is 10.3 Å². The van der Waals surface area contributed by atoms with Gasteiger partial charge in [-0.1, -0.05) is 17.3 Å². The summed E-state index contributed by atoms with van der Waals surface area (Å²) in [6, 6.07) is 4.79. The average Bonchev–Trinajstić information content (AvgIpc) is 2.25. The van der Waals surface area contributed by atoms with Gasteiger partial charge in [-0.25, -0.2) is 14.6 Å². The van der Waals surface area contributed by atoms with Crippen molar-refractivity contribution < 1.29 is 14.4 Å². The Kier molecular flexibility index (Phi) is 3.96. The Morgan fingerprint density at radius 2 is 2.19 bits per heavy atom. The smallest absolute Gasteiger partial charge is 0.332 e. The molecule has 0 radical (unpaired) electrons. The number of benzene rings is 1. The number of amides is 2. The van der Waals surface area contributed by atoms with E-state index in [1.807, 2.05) is 5.43 Å². The molecular formula is C9H9FN4O2. The number of hydrogen-bond acceptors (Lipinski definition) is 4. The van der Waals surface area contributed by atoms with Crippen molar-refractivity contribution >= 4 is 18.0 Å². The number of nitrogens with one attached hydrogen (secondary N) is 1. The minimum Gasteiger partial charge on any atom is -0.411 e. The maximum absolute atomic E-state index is 13.3. The molecule has 0 spiro atoms. The van der Waals surface area contributed by atoms with Crippen LogP contribution in [0.5, 0.6) is 0 Å². The summed E-state index contributed by atoms with van der Waals surface area (Å²) in [6.07, 6.45) is 0.883. The second-order valence-corrected chi connectivity index (χ2v) is 2.70. The van der Waals surface area contributed by atoms with Crippen LogP contribution in [0.3, 0.4) is 0 Å². The molecule has 6 nitrogen and oxygen atoms in total. The van der Waals surface area contributed by atoms with Crippen LogP contribution in [0, 0.1) is 5.82 Å². The lowest BCUT2D eigenvalue weighted by Gasteiger charge is -2.01. The molecule has 0 bridgehead atoms. The van der Waals surface area contributed by atoms with E-state index in [1.165, 1.54) is 18.2 Å². The Bertz CT molecular complexity index is 445. The molecule has 0 atom stereocenters. The van der Waals surface area contributed by atoms with Gasteiger partial charge in [-0.2, -0.15) is 5.10 Å². The third-order valence-corrected chi connectivity index (χ3v) is 1.62. The van der Waals surface area contributed by atoms with Crippen molar-refractivity contribution in [2.45, 2.75) is 0 Å². The standard InChI is InChI=1S/C9H9FN4O2/c10-7-4-2-1-3-6(7)8(5-12-16)13-14-9(11)15/h1-5,16H,(H3,11,14,15)/b12-5+,13-8+. The van der Waals surface area contributed by atoms with Crippen LogP contribution in [-0.4, -0.2) is 23.2 Å². The summed E-state index contributed by atoms with van der Waals surface area (Å²) in [5.41, 5.74) is 6.73. The summed E-state index contributed by atoms with van der Waals surface area (Å²) in [6.45, 7) is 0. The van der Waals surface area contributed by atoms with E-state index in [4.69, 9.17) is 10.9 Å². The zero-order chi connectivity index (χ0) is 12.0. The maximum Gasteiger partial charge on any atom is 0.332 e. The highest BCUT2D eigenvalue weighted by Crippen LogP contribution is 2.06. The van der Waals surface area contributed by atoms with Gasteiger partial charge in [0, 0.05) is 5.56 Å². The van der Waals surface area contributed by atoms with E-state index < -0.39 is 11.8 Å². The molecule has 0 aliphatic heterocycles. The number of primary amides is 1. The number of nitrogens with two attached hydrogens (primary N) is 1. The fraction of sp³-hybridized carbons (Fsp3) is 0. The number of halogens is 1. The molecule has 4 N–H and O–H groups in total. The predicted octanol–water partition coefficient (Wildman–Crippen LogP) is 0.658. The van der Waals surface area contributed by atoms with E-state index in [-0.39, 0.29) is 11.3 Å². The van der Waals surface area contributed by atoms with Gasteiger partial charge in [0.25, 0.3) is 0 Å². The average molecular weight is 224 g/mol. The molecule has 0 heterocycles. The molecule has 0 fully saturated rings. The first kappa shape index (κ1) is 11.6. The van der Waals surface area contributed by atoms with Crippen LogP contribution in [0.2, 0.25) is 0 Å². The first-order valence-electron chi connectivity index (χ1n) is 4.20. The summed E-state index contributed by atoms with van der Waals surface area (Å²) in [4.78, 5) is 10.4. The second-order valence-electron chi connectivity index (χ2n) is 2.70. The lowest BCUT2D eigenvalue weighted by atomic mass is 10.1. The maximum atomic E-state index is 13.3. The molecule has 16 heavy (non-hydrogen) atoms. The number of urea groups is 1. The van der Waals surface area contributed by atoms with Crippen LogP contribution in [0.15, 0.2) is 34.5 Å². The van der Waals surface area contributed by atoms with Crippen molar-refractivity contribution in [1.29, 1.82) is 0 Å². The third-order valence-electron chi connectivity index (χ3n) is 1.62. The molecular weight excluding hydrogens is 215 g/mol. The Labute approximate surface area is 90.3 Å².